The van der Waals surface area contributed by atoms with E-state index < -0.39 is 35.9 Å². The monoisotopic (exact) mass is 351 g/mol. The quantitative estimate of drug-likeness (QED) is 0.630. The maximum absolute atomic E-state index is 11.9. The molecule has 0 radical (unpaired) electrons. The van der Waals surface area contributed by atoms with Crippen molar-refractivity contribution >= 4 is 23.0 Å². The Bertz CT molecular complexity index is 786. The third kappa shape index (κ3) is 3.15. The second-order valence-electron chi connectivity index (χ2n) is 6.98. The summed E-state index contributed by atoms with van der Waals surface area (Å²) in [7, 11) is 0. The number of imidazole rings is 1. The molecule has 1 aliphatic rings. The number of anilines is 1. The number of carbonyl (C=O) groups excluding carboxylic acids is 1. The lowest BCUT2D eigenvalue weighted by Gasteiger charge is -2.20. The Hall–Kier alpha value is -2.30. The van der Waals surface area contributed by atoms with Crippen molar-refractivity contribution < 1.29 is 24.5 Å². The third-order valence-electron chi connectivity index (χ3n) is 3.99. The van der Waals surface area contributed by atoms with Crippen molar-refractivity contribution in [2.75, 3.05) is 12.3 Å². The van der Waals surface area contributed by atoms with Crippen molar-refractivity contribution in [2.45, 2.75) is 45.3 Å². The lowest BCUT2D eigenvalue weighted by atomic mass is 9.97. The molecule has 3 heterocycles. The number of fused-ring (bicyclic) bond motifs is 1. The van der Waals surface area contributed by atoms with Gasteiger partial charge in [0.25, 0.3) is 0 Å². The van der Waals surface area contributed by atoms with Crippen LogP contribution in [-0.4, -0.2) is 60.6 Å². The van der Waals surface area contributed by atoms with Gasteiger partial charge in [0, 0.05) is 0 Å². The van der Waals surface area contributed by atoms with Gasteiger partial charge in [-0.25, -0.2) is 15.0 Å². The molecule has 1 saturated heterocycles. The Kier molecular flexibility index (Phi) is 4.35. The molecule has 10 nitrogen and oxygen atoms in total. The van der Waals surface area contributed by atoms with Gasteiger partial charge in [0.15, 0.2) is 17.7 Å². The van der Waals surface area contributed by atoms with Gasteiger partial charge in [-0.2, -0.15) is 0 Å². The largest absolute Gasteiger partial charge is 0.462 e. The molecule has 1 fully saturated rings. The first-order valence-electron chi connectivity index (χ1n) is 7.82. The van der Waals surface area contributed by atoms with Crippen molar-refractivity contribution in [1.82, 2.24) is 19.5 Å². The molecule has 0 amide bonds. The van der Waals surface area contributed by atoms with Crippen LogP contribution < -0.4 is 5.73 Å². The SMILES string of the molecule is CC(C)(C)C(=O)OC[C@H]1O[C@@H](n2cnc3c(N)ncnc32)[C@H](O)[C@@H]1O. The van der Waals surface area contributed by atoms with E-state index >= 15 is 0 Å². The Balaban J connectivity index is 1.78. The van der Waals surface area contributed by atoms with Gasteiger partial charge in [-0.15, -0.1) is 0 Å². The van der Waals surface area contributed by atoms with Gasteiger partial charge in [-0.3, -0.25) is 9.36 Å². The number of hydrogen-bond acceptors (Lipinski definition) is 9. The maximum Gasteiger partial charge on any atom is 0.311 e. The summed E-state index contributed by atoms with van der Waals surface area (Å²) in [5, 5.41) is 20.5. The van der Waals surface area contributed by atoms with Crippen molar-refractivity contribution in [3.05, 3.63) is 12.7 Å². The van der Waals surface area contributed by atoms with Gasteiger partial charge < -0.3 is 25.4 Å². The molecule has 3 rings (SSSR count). The highest BCUT2D eigenvalue weighted by atomic mass is 16.6. The molecular formula is C15H21N5O5. The van der Waals surface area contributed by atoms with Crippen LogP contribution in [0, 0.1) is 5.41 Å². The minimum absolute atomic E-state index is 0.172. The van der Waals surface area contributed by atoms with E-state index in [1.54, 1.807) is 20.8 Å². The van der Waals surface area contributed by atoms with Crippen LogP contribution >= 0.6 is 0 Å². The van der Waals surface area contributed by atoms with Gasteiger partial charge in [-0.1, -0.05) is 0 Å². The van der Waals surface area contributed by atoms with Crippen molar-refractivity contribution in [3.8, 4) is 0 Å². The van der Waals surface area contributed by atoms with Gasteiger partial charge in [0.1, 0.15) is 36.8 Å². The first kappa shape index (κ1) is 17.5. The fourth-order valence-electron chi connectivity index (χ4n) is 2.53. The van der Waals surface area contributed by atoms with Crippen LogP contribution in [0.15, 0.2) is 12.7 Å². The number of aromatic nitrogens is 4. The molecule has 0 aromatic carbocycles. The lowest BCUT2D eigenvalue weighted by molar-refractivity contribution is -0.159. The molecule has 25 heavy (non-hydrogen) atoms. The Morgan fingerprint density at radius 3 is 2.72 bits per heavy atom. The van der Waals surface area contributed by atoms with Crippen LogP contribution in [0.1, 0.15) is 27.0 Å². The summed E-state index contributed by atoms with van der Waals surface area (Å²) in [6, 6.07) is 0. The number of aliphatic hydroxyl groups excluding tert-OH is 2. The smallest absolute Gasteiger partial charge is 0.311 e. The van der Waals surface area contributed by atoms with Crippen LogP contribution in [0.2, 0.25) is 0 Å². The third-order valence-corrected chi connectivity index (χ3v) is 3.99. The van der Waals surface area contributed by atoms with E-state index in [4.69, 9.17) is 15.2 Å². The summed E-state index contributed by atoms with van der Waals surface area (Å²) >= 11 is 0. The number of esters is 1. The molecule has 4 N–H and O–H groups in total. The second-order valence-corrected chi connectivity index (χ2v) is 6.98. The van der Waals surface area contributed by atoms with Gasteiger partial charge in [0.2, 0.25) is 0 Å². The fraction of sp³-hybridized carbons (Fsp3) is 0.600. The molecule has 0 bridgehead atoms. The average Bonchev–Trinajstić information content (AvgIpc) is 3.08. The highest BCUT2D eigenvalue weighted by molar-refractivity contribution is 5.81. The number of nitrogen functional groups attached to an aromatic ring is 1. The van der Waals surface area contributed by atoms with E-state index in [9.17, 15) is 15.0 Å². The fourth-order valence-corrected chi connectivity index (χ4v) is 2.53. The molecule has 0 aliphatic carbocycles. The standard InChI is InChI=1S/C15H21N5O5/c1-15(2,3)14(23)24-4-7-9(21)10(22)13(25-7)20-6-19-8-11(16)17-5-18-12(8)20/h5-7,9-10,13,21-22H,4H2,1-3H3,(H2,16,17,18)/t7-,9-,10-,13-/m1/s1. The number of ether oxygens (including phenoxy) is 2. The minimum atomic E-state index is -1.24. The molecule has 2 aromatic rings. The predicted molar refractivity (Wildman–Crippen MR) is 86.1 cm³/mol. The molecule has 1 aliphatic heterocycles. The number of nitrogens with zero attached hydrogens (tertiary/aromatic N) is 4. The summed E-state index contributed by atoms with van der Waals surface area (Å²) in [4.78, 5) is 23.9. The summed E-state index contributed by atoms with van der Waals surface area (Å²) in [6.07, 6.45) is -1.60. The van der Waals surface area contributed by atoms with E-state index in [2.05, 4.69) is 15.0 Å². The topological polar surface area (TPSA) is 146 Å². The predicted octanol–water partition coefficient (Wildman–Crippen LogP) is -0.383. The van der Waals surface area contributed by atoms with Gasteiger partial charge in [-0.05, 0) is 20.8 Å². The number of carbonyl (C=O) groups is 1. The molecule has 0 saturated carbocycles. The normalized spacial score (nSPS) is 26.9. The zero-order valence-corrected chi connectivity index (χ0v) is 14.2. The summed E-state index contributed by atoms with van der Waals surface area (Å²) < 4.78 is 12.3. The number of nitrogens with two attached hydrogens (primary N) is 1. The van der Waals surface area contributed by atoms with E-state index in [1.807, 2.05) is 0 Å². The van der Waals surface area contributed by atoms with Gasteiger partial charge >= 0.3 is 5.97 Å². The molecule has 136 valence electrons. The van der Waals surface area contributed by atoms with E-state index in [-0.39, 0.29) is 12.4 Å². The van der Waals surface area contributed by atoms with Crippen LogP contribution in [-0.2, 0) is 14.3 Å². The molecular weight excluding hydrogens is 330 g/mol. The zero-order valence-electron chi connectivity index (χ0n) is 14.2. The van der Waals surface area contributed by atoms with Crippen molar-refractivity contribution in [2.24, 2.45) is 5.41 Å². The average molecular weight is 351 g/mol. The Labute approximate surface area is 143 Å². The van der Waals surface area contributed by atoms with E-state index in [0.717, 1.165) is 0 Å². The summed E-state index contributed by atoms with van der Waals surface area (Å²) in [5.41, 5.74) is 5.81. The highest BCUT2D eigenvalue weighted by Gasteiger charge is 2.45. The number of aliphatic hydroxyl groups is 2. The van der Waals surface area contributed by atoms with Crippen molar-refractivity contribution in [1.29, 1.82) is 0 Å². The molecule has 2 aromatic heterocycles. The minimum Gasteiger partial charge on any atom is -0.462 e. The van der Waals surface area contributed by atoms with Crippen LogP contribution in [0.5, 0.6) is 0 Å². The van der Waals surface area contributed by atoms with Crippen LogP contribution in [0.3, 0.4) is 0 Å². The highest BCUT2D eigenvalue weighted by Crippen LogP contribution is 2.32. The van der Waals surface area contributed by atoms with Crippen LogP contribution in [0.4, 0.5) is 5.82 Å². The Morgan fingerprint density at radius 1 is 1.32 bits per heavy atom. The lowest BCUT2D eigenvalue weighted by Crippen LogP contribution is -2.35. The second kappa shape index (κ2) is 6.21. The van der Waals surface area contributed by atoms with Gasteiger partial charge in [0.05, 0.1) is 11.7 Å². The maximum atomic E-state index is 11.9. The van der Waals surface area contributed by atoms with Crippen LogP contribution in [0.25, 0.3) is 11.2 Å². The van der Waals surface area contributed by atoms with E-state index in [0.29, 0.717) is 11.2 Å². The summed E-state index contributed by atoms with van der Waals surface area (Å²) in [6.45, 7) is 5.00. The first-order valence-corrected chi connectivity index (χ1v) is 7.82. The van der Waals surface area contributed by atoms with Crippen molar-refractivity contribution in [3.63, 3.8) is 0 Å². The van der Waals surface area contributed by atoms with E-state index in [1.165, 1.54) is 17.2 Å². The number of hydrogen-bond donors (Lipinski definition) is 3. The molecule has 0 unspecified atom stereocenters. The summed E-state index contributed by atoms with van der Waals surface area (Å²) in [5.74, 6) is -0.220. The molecule has 0 spiro atoms. The molecule has 10 heteroatoms. The zero-order chi connectivity index (χ0) is 18.4. The Morgan fingerprint density at radius 2 is 2.04 bits per heavy atom. The molecule has 4 atom stereocenters. The first-order chi connectivity index (χ1) is 11.7. The number of rotatable bonds is 3.